The molecule has 0 spiro atoms. The third kappa shape index (κ3) is 3.21. The number of ether oxygens (including phenoxy) is 1. The van der Waals surface area contributed by atoms with Gasteiger partial charge in [0.2, 0.25) is 11.8 Å². The summed E-state index contributed by atoms with van der Waals surface area (Å²) in [6.07, 6.45) is 1.87. The van der Waals surface area contributed by atoms with Crippen LogP contribution >= 0.6 is 11.6 Å². The van der Waals surface area contributed by atoms with Crippen LogP contribution in [0.4, 0.5) is 11.5 Å². The van der Waals surface area contributed by atoms with Gasteiger partial charge in [-0.1, -0.05) is 11.6 Å². The van der Waals surface area contributed by atoms with Gasteiger partial charge in [-0.15, -0.1) is 0 Å². The van der Waals surface area contributed by atoms with Crippen LogP contribution in [0.25, 0.3) is 0 Å². The molecule has 1 aliphatic heterocycles. The van der Waals surface area contributed by atoms with E-state index < -0.39 is 5.92 Å². The average Bonchev–Trinajstić information content (AvgIpc) is 3.13. The fraction of sp³-hybridized carbons (Fsp3) is 0.312. The first kappa shape index (κ1) is 16.3. The number of amides is 2. The molecule has 1 saturated heterocycles. The molecule has 0 saturated carbocycles. The monoisotopic (exact) mass is 348 g/mol. The minimum Gasteiger partial charge on any atom is -0.495 e. The first-order valence-corrected chi connectivity index (χ1v) is 7.80. The Balaban J connectivity index is 1.76. The zero-order chi connectivity index (χ0) is 17.3. The lowest BCUT2D eigenvalue weighted by molar-refractivity contribution is -0.122. The maximum Gasteiger partial charge on any atom is 0.231 e. The van der Waals surface area contributed by atoms with Gasteiger partial charge in [0.25, 0.3) is 0 Å². The largest absolute Gasteiger partial charge is 0.495 e. The van der Waals surface area contributed by atoms with Crippen molar-refractivity contribution in [1.29, 1.82) is 0 Å². The number of nitrogens with one attached hydrogen (secondary N) is 1. The highest BCUT2D eigenvalue weighted by molar-refractivity contribution is 6.31. The molecule has 1 aromatic carbocycles. The number of carbonyl (C=O) groups excluding carboxylic acids is 2. The fourth-order valence-electron chi connectivity index (χ4n) is 2.70. The Labute approximate surface area is 144 Å². The van der Waals surface area contributed by atoms with E-state index in [0.717, 1.165) is 0 Å². The van der Waals surface area contributed by atoms with Gasteiger partial charge < -0.3 is 15.0 Å². The number of anilines is 2. The van der Waals surface area contributed by atoms with Gasteiger partial charge in [-0.3, -0.25) is 14.3 Å². The van der Waals surface area contributed by atoms with Crippen molar-refractivity contribution in [3.8, 4) is 5.75 Å². The number of halogens is 1. The van der Waals surface area contributed by atoms with Gasteiger partial charge in [-0.05, 0) is 18.2 Å². The van der Waals surface area contributed by atoms with Gasteiger partial charge in [0, 0.05) is 37.3 Å². The summed E-state index contributed by atoms with van der Waals surface area (Å²) in [6, 6.07) is 6.76. The molecular formula is C16H17ClN4O3. The number of rotatable bonds is 4. The van der Waals surface area contributed by atoms with Crippen LogP contribution in [-0.2, 0) is 16.6 Å². The second-order valence-electron chi connectivity index (χ2n) is 5.59. The van der Waals surface area contributed by atoms with Crippen molar-refractivity contribution in [3.05, 3.63) is 35.5 Å². The van der Waals surface area contributed by atoms with Crippen LogP contribution in [0.1, 0.15) is 6.42 Å². The summed E-state index contributed by atoms with van der Waals surface area (Å²) in [5.41, 5.74) is 0.572. The molecule has 1 aromatic heterocycles. The van der Waals surface area contributed by atoms with Gasteiger partial charge in [-0.25, -0.2) is 0 Å². The number of hydrogen-bond acceptors (Lipinski definition) is 4. The first-order valence-electron chi connectivity index (χ1n) is 7.42. The minimum atomic E-state index is -0.455. The van der Waals surface area contributed by atoms with E-state index in [4.69, 9.17) is 16.3 Å². The Bertz CT molecular complexity index is 789. The molecule has 3 rings (SSSR count). The SMILES string of the molecule is COc1ccc(Cl)cc1N1CC(C(=O)Nc2ccn(C)n2)CC1=O. The molecule has 0 radical (unpaired) electrons. The highest BCUT2D eigenvalue weighted by Gasteiger charge is 2.36. The maximum absolute atomic E-state index is 12.4. The molecule has 8 heteroatoms. The topological polar surface area (TPSA) is 76.5 Å². The van der Waals surface area contributed by atoms with Gasteiger partial charge in [0.1, 0.15) is 5.75 Å². The van der Waals surface area contributed by atoms with Crippen molar-refractivity contribution >= 4 is 34.9 Å². The molecule has 0 aliphatic carbocycles. The lowest BCUT2D eigenvalue weighted by atomic mass is 10.1. The second-order valence-corrected chi connectivity index (χ2v) is 6.02. The van der Waals surface area contributed by atoms with Crippen LogP contribution in [-0.4, -0.2) is 35.2 Å². The highest BCUT2D eigenvalue weighted by Crippen LogP contribution is 2.35. The summed E-state index contributed by atoms with van der Waals surface area (Å²) < 4.78 is 6.89. The number of carbonyl (C=O) groups is 2. The Morgan fingerprint density at radius 2 is 2.21 bits per heavy atom. The predicted octanol–water partition coefficient (Wildman–Crippen LogP) is 2.07. The van der Waals surface area contributed by atoms with Crippen molar-refractivity contribution < 1.29 is 14.3 Å². The van der Waals surface area contributed by atoms with Crippen LogP contribution in [0.3, 0.4) is 0 Å². The van der Waals surface area contributed by atoms with Crippen LogP contribution in [0.2, 0.25) is 5.02 Å². The molecule has 126 valence electrons. The lowest BCUT2D eigenvalue weighted by Gasteiger charge is -2.19. The summed E-state index contributed by atoms with van der Waals surface area (Å²) in [5, 5.41) is 7.34. The quantitative estimate of drug-likeness (QED) is 0.917. The van der Waals surface area contributed by atoms with Gasteiger partial charge in [0.15, 0.2) is 5.82 Å². The summed E-state index contributed by atoms with van der Waals surface area (Å²) in [6.45, 7) is 0.272. The number of aromatic nitrogens is 2. The van der Waals surface area contributed by atoms with Gasteiger partial charge in [-0.2, -0.15) is 5.10 Å². The molecule has 1 fully saturated rings. The second kappa shape index (κ2) is 6.52. The van der Waals surface area contributed by atoms with Gasteiger partial charge in [0.05, 0.1) is 18.7 Å². The number of hydrogen-bond donors (Lipinski definition) is 1. The summed E-state index contributed by atoms with van der Waals surface area (Å²) >= 11 is 6.03. The van der Waals surface area contributed by atoms with Gasteiger partial charge >= 0.3 is 0 Å². The standard InChI is InChI=1S/C16H17ClN4O3/c1-20-6-5-14(19-20)18-16(23)10-7-15(22)21(9-10)12-8-11(17)3-4-13(12)24-2/h3-6,8,10H,7,9H2,1-2H3,(H,18,19,23). The third-order valence-corrected chi connectivity index (χ3v) is 4.13. The Kier molecular flexibility index (Phi) is 4.44. The maximum atomic E-state index is 12.4. The molecule has 2 amide bonds. The fourth-order valence-corrected chi connectivity index (χ4v) is 2.87. The zero-order valence-corrected chi connectivity index (χ0v) is 14.1. The van der Waals surface area contributed by atoms with E-state index in [1.807, 2.05) is 0 Å². The molecule has 1 atom stereocenters. The highest BCUT2D eigenvalue weighted by atomic mass is 35.5. The van der Waals surface area contributed by atoms with Crippen molar-refractivity contribution in [2.45, 2.75) is 6.42 Å². The lowest BCUT2D eigenvalue weighted by Crippen LogP contribution is -2.28. The molecule has 1 aliphatic rings. The molecule has 0 bridgehead atoms. The van der Waals surface area contributed by atoms with Crippen molar-refractivity contribution in [3.63, 3.8) is 0 Å². The third-order valence-electron chi connectivity index (χ3n) is 3.89. The van der Waals surface area contributed by atoms with E-state index in [9.17, 15) is 9.59 Å². The van der Waals surface area contributed by atoms with E-state index in [-0.39, 0.29) is 24.8 Å². The molecule has 1 N–H and O–H groups in total. The van der Waals surface area contributed by atoms with Crippen LogP contribution in [0.15, 0.2) is 30.5 Å². The molecule has 24 heavy (non-hydrogen) atoms. The van der Waals surface area contributed by atoms with E-state index in [1.165, 1.54) is 12.0 Å². The Hall–Kier alpha value is -2.54. The molecule has 7 nitrogen and oxygen atoms in total. The summed E-state index contributed by atoms with van der Waals surface area (Å²) in [5.74, 6) is 0.178. The Morgan fingerprint density at radius 3 is 2.88 bits per heavy atom. The average molecular weight is 349 g/mol. The van der Waals surface area contributed by atoms with Crippen molar-refractivity contribution in [2.24, 2.45) is 13.0 Å². The van der Waals surface area contributed by atoms with E-state index in [1.54, 1.807) is 42.2 Å². The molecular weight excluding hydrogens is 332 g/mol. The predicted molar refractivity (Wildman–Crippen MR) is 90.3 cm³/mol. The zero-order valence-electron chi connectivity index (χ0n) is 13.3. The summed E-state index contributed by atoms with van der Waals surface area (Å²) in [4.78, 5) is 26.3. The van der Waals surface area contributed by atoms with E-state index in [0.29, 0.717) is 22.3 Å². The first-order chi connectivity index (χ1) is 11.5. The molecule has 2 heterocycles. The van der Waals surface area contributed by atoms with Crippen molar-refractivity contribution in [1.82, 2.24) is 9.78 Å². The minimum absolute atomic E-state index is 0.133. The van der Waals surface area contributed by atoms with Crippen LogP contribution < -0.4 is 15.0 Å². The number of aryl methyl sites for hydroxylation is 1. The normalized spacial score (nSPS) is 17.2. The van der Waals surface area contributed by atoms with Crippen LogP contribution in [0.5, 0.6) is 5.75 Å². The van der Waals surface area contributed by atoms with E-state index >= 15 is 0 Å². The smallest absolute Gasteiger partial charge is 0.231 e. The van der Waals surface area contributed by atoms with E-state index in [2.05, 4.69) is 10.4 Å². The van der Waals surface area contributed by atoms with Crippen molar-refractivity contribution in [2.75, 3.05) is 23.9 Å². The number of nitrogens with zero attached hydrogens (tertiary/aromatic N) is 3. The molecule has 2 aromatic rings. The molecule has 1 unspecified atom stereocenters. The Morgan fingerprint density at radius 1 is 1.42 bits per heavy atom. The van der Waals surface area contributed by atoms with Crippen LogP contribution in [0, 0.1) is 5.92 Å². The number of benzene rings is 1. The number of methoxy groups -OCH3 is 1. The summed E-state index contributed by atoms with van der Waals surface area (Å²) in [7, 11) is 3.29.